The van der Waals surface area contributed by atoms with Gasteiger partial charge in [-0.1, -0.05) is 42.5 Å². The van der Waals surface area contributed by atoms with E-state index in [1.54, 1.807) is 32.9 Å². The third-order valence-electron chi connectivity index (χ3n) is 4.83. The molecule has 0 saturated heterocycles. The van der Waals surface area contributed by atoms with Gasteiger partial charge in [-0.2, -0.15) is 0 Å². The van der Waals surface area contributed by atoms with E-state index in [4.69, 9.17) is 9.47 Å². The molecule has 1 unspecified atom stereocenters. The number of esters is 1. The van der Waals surface area contributed by atoms with Gasteiger partial charge in [-0.15, -0.1) is 11.3 Å². The molecule has 0 fully saturated rings. The zero-order chi connectivity index (χ0) is 23.3. The first-order chi connectivity index (χ1) is 15.3. The van der Waals surface area contributed by atoms with Crippen LogP contribution in [0.1, 0.15) is 46.4 Å². The minimum absolute atomic E-state index is 0.179. The first kappa shape index (κ1) is 23.2. The fourth-order valence-electron chi connectivity index (χ4n) is 3.21. The molecule has 32 heavy (non-hydrogen) atoms. The Labute approximate surface area is 191 Å². The smallest absolute Gasteiger partial charge is 0.341 e. The number of rotatable bonds is 8. The van der Waals surface area contributed by atoms with E-state index in [-0.39, 0.29) is 23.0 Å². The lowest BCUT2D eigenvalue weighted by Gasteiger charge is -2.15. The Morgan fingerprint density at radius 1 is 1.00 bits per heavy atom. The minimum atomic E-state index is -0.823. The Kier molecular flexibility index (Phi) is 7.43. The molecule has 2 aromatic carbocycles. The fraction of sp³-hybridized carbons (Fsp3) is 0.240. The zero-order valence-corrected chi connectivity index (χ0v) is 19.2. The van der Waals surface area contributed by atoms with Gasteiger partial charge in [0, 0.05) is 0 Å². The Morgan fingerprint density at radius 3 is 2.22 bits per heavy atom. The molecule has 6 nitrogen and oxygen atoms in total. The van der Waals surface area contributed by atoms with Gasteiger partial charge >= 0.3 is 5.97 Å². The molecule has 0 aliphatic heterocycles. The van der Waals surface area contributed by atoms with Crippen LogP contribution in [0.15, 0.2) is 54.6 Å². The first-order valence-electron chi connectivity index (χ1n) is 10.3. The summed E-state index contributed by atoms with van der Waals surface area (Å²) in [7, 11) is 0. The minimum Gasteiger partial charge on any atom is -0.481 e. The van der Waals surface area contributed by atoms with Crippen LogP contribution >= 0.6 is 11.3 Å². The van der Waals surface area contributed by atoms with E-state index in [0.29, 0.717) is 16.2 Å². The van der Waals surface area contributed by atoms with Crippen LogP contribution in [0.25, 0.3) is 11.1 Å². The van der Waals surface area contributed by atoms with Crippen molar-refractivity contribution >= 4 is 34.0 Å². The van der Waals surface area contributed by atoms with Crippen LogP contribution in [0.3, 0.4) is 0 Å². The molecular formula is C25H25NO5S. The van der Waals surface area contributed by atoms with Crippen molar-refractivity contribution in [3.05, 3.63) is 70.6 Å². The molecular weight excluding hydrogens is 426 g/mol. The summed E-state index contributed by atoms with van der Waals surface area (Å²) in [5, 5.41) is 3.01. The predicted octanol–water partition coefficient (Wildman–Crippen LogP) is 5.51. The van der Waals surface area contributed by atoms with Gasteiger partial charge in [0.2, 0.25) is 0 Å². The zero-order valence-electron chi connectivity index (χ0n) is 18.4. The quantitative estimate of drug-likeness (QED) is 0.361. The Morgan fingerprint density at radius 2 is 1.62 bits per heavy atom. The molecule has 0 aliphatic rings. The number of carbonyl (C=O) groups excluding carboxylic acids is 3. The summed E-state index contributed by atoms with van der Waals surface area (Å²) in [4.78, 5) is 37.5. The number of ether oxygens (including phenoxy) is 2. The lowest BCUT2D eigenvalue weighted by Crippen LogP contribution is -2.30. The van der Waals surface area contributed by atoms with Crippen LogP contribution in [0.4, 0.5) is 5.00 Å². The normalized spacial score (nSPS) is 11.5. The SMILES string of the molecule is CCOC(=O)c1c(NC(=O)C(C)Oc2ccc(-c3ccccc3)cc2)sc(C(C)=O)c1C. The van der Waals surface area contributed by atoms with Crippen molar-refractivity contribution < 1.29 is 23.9 Å². The number of amides is 1. The van der Waals surface area contributed by atoms with Crippen molar-refractivity contribution in [3.63, 3.8) is 0 Å². The van der Waals surface area contributed by atoms with Gasteiger partial charge in [0.1, 0.15) is 10.8 Å². The molecule has 0 radical (unpaired) electrons. The molecule has 3 rings (SSSR count). The van der Waals surface area contributed by atoms with Crippen LogP contribution in [0.2, 0.25) is 0 Å². The average Bonchev–Trinajstić information content (AvgIpc) is 3.11. The van der Waals surface area contributed by atoms with E-state index in [0.717, 1.165) is 22.5 Å². The molecule has 1 heterocycles. The Bertz CT molecular complexity index is 1120. The highest BCUT2D eigenvalue weighted by atomic mass is 32.1. The third kappa shape index (κ3) is 5.23. The maximum atomic E-state index is 12.8. The number of nitrogens with one attached hydrogen (secondary N) is 1. The molecule has 1 aromatic heterocycles. The van der Waals surface area contributed by atoms with Gasteiger partial charge in [0.25, 0.3) is 5.91 Å². The van der Waals surface area contributed by atoms with Gasteiger partial charge in [-0.05, 0) is 56.5 Å². The highest BCUT2D eigenvalue weighted by molar-refractivity contribution is 7.18. The summed E-state index contributed by atoms with van der Waals surface area (Å²) in [6.45, 7) is 6.60. The molecule has 1 atom stereocenters. The van der Waals surface area contributed by atoms with Gasteiger partial charge in [-0.25, -0.2) is 4.79 Å². The Balaban J connectivity index is 1.73. The van der Waals surface area contributed by atoms with Crippen molar-refractivity contribution in [1.29, 1.82) is 0 Å². The van der Waals surface area contributed by atoms with Crippen molar-refractivity contribution in [1.82, 2.24) is 0 Å². The van der Waals surface area contributed by atoms with E-state index in [1.165, 1.54) is 6.92 Å². The molecule has 1 N–H and O–H groups in total. The number of ketones is 1. The van der Waals surface area contributed by atoms with Crippen molar-refractivity contribution in [2.45, 2.75) is 33.8 Å². The van der Waals surface area contributed by atoms with Crippen molar-refractivity contribution in [2.24, 2.45) is 0 Å². The fourth-order valence-corrected chi connectivity index (χ4v) is 4.31. The molecule has 0 saturated carbocycles. The second kappa shape index (κ2) is 10.2. The van der Waals surface area contributed by atoms with E-state index >= 15 is 0 Å². The standard InChI is InChI=1S/C25H25NO5S/c1-5-30-25(29)21-15(2)22(16(3)27)32-24(21)26-23(28)17(4)31-20-13-11-19(12-14-20)18-9-7-6-8-10-18/h6-14,17H,5H2,1-4H3,(H,26,28). The molecule has 0 spiro atoms. The van der Waals surface area contributed by atoms with E-state index in [9.17, 15) is 14.4 Å². The van der Waals surface area contributed by atoms with Gasteiger partial charge < -0.3 is 14.8 Å². The highest BCUT2D eigenvalue weighted by Gasteiger charge is 2.26. The Hall–Kier alpha value is -3.45. The molecule has 0 aliphatic carbocycles. The van der Waals surface area contributed by atoms with Crippen molar-refractivity contribution in [3.8, 4) is 16.9 Å². The van der Waals surface area contributed by atoms with Crippen LogP contribution in [0.5, 0.6) is 5.75 Å². The second-order valence-electron chi connectivity index (χ2n) is 7.18. The summed E-state index contributed by atoms with van der Waals surface area (Å²) < 4.78 is 10.9. The number of Topliss-reactive ketones (excluding diaryl/α,β-unsaturated/α-hetero) is 1. The van der Waals surface area contributed by atoms with Gasteiger partial charge in [-0.3, -0.25) is 9.59 Å². The van der Waals surface area contributed by atoms with Gasteiger partial charge in [0.05, 0.1) is 17.0 Å². The van der Waals surface area contributed by atoms with Crippen LogP contribution < -0.4 is 10.1 Å². The first-order valence-corrected chi connectivity index (χ1v) is 11.1. The van der Waals surface area contributed by atoms with Crippen LogP contribution in [-0.4, -0.2) is 30.4 Å². The van der Waals surface area contributed by atoms with Crippen molar-refractivity contribution in [2.75, 3.05) is 11.9 Å². The maximum Gasteiger partial charge on any atom is 0.341 e. The molecule has 166 valence electrons. The third-order valence-corrected chi connectivity index (χ3v) is 6.13. The number of anilines is 1. The number of benzene rings is 2. The number of thiophene rings is 1. The molecule has 1 amide bonds. The topological polar surface area (TPSA) is 81.7 Å². The number of hydrogen-bond acceptors (Lipinski definition) is 6. The molecule has 7 heteroatoms. The van der Waals surface area contributed by atoms with E-state index in [2.05, 4.69) is 5.32 Å². The van der Waals surface area contributed by atoms with E-state index < -0.39 is 18.0 Å². The summed E-state index contributed by atoms with van der Waals surface area (Å²) in [6, 6.07) is 17.4. The predicted molar refractivity (Wildman–Crippen MR) is 126 cm³/mol. The monoisotopic (exact) mass is 451 g/mol. The number of carbonyl (C=O) groups is 3. The maximum absolute atomic E-state index is 12.8. The molecule has 0 bridgehead atoms. The summed E-state index contributed by atoms with van der Waals surface area (Å²) in [6.07, 6.45) is -0.823. The van der Waals surface area contributed by atoms with Gasteiger partial charge in [0.15, 0.2) is 11.9 Å². The number of hydrogen-bond donors (Lipinski definition) is 1. The largest absolute Gasteiger partial charge is 0.481 e. The highest BCUT2D eigenvalue weighted by Crippen LogP contribution is 2.34. The summed E-state index contributed by atoms with van der Waals surface area (Å²) >= 11 is 1.06. The lowest BCUT2D eigenvalue weighted by atomic mass is 10.1. The lowest BCUT2D eigenvalue weighted by molar-refractivity contribution is -0.122. The molecule has 3 aromatic rings. The van der Waals surface area contributed by atoms with Crippen LogP contribution in [-0.2, 0) is 9.53 Å². The second-order valence-corrected chi connectivity index (χ2v) is 8.20. The van der Waals surface area contributed by atoms with Crippen LogP contribution in [0, 0.1) is 6.92 Å². The summed E-state index contributed by atoms with van der Waals surface area (Å²) in [5.74, 6) is -0.640. The summed E-state index contributed by atoms with van der Waals surface area (Å²) in [5.41, 5.74) is 2.83. The average molecular weight is 452 g/mol. The van der Waals surface area contributed by atoms with E-state index in [1.807, 2.05) is 42.5 Å².